The molecule has 2 heteroatoms. The number of likely N-dealkylation sites (N-methyl/N-ethyl adjacent to an activating group) is 1. The first kappa shape index (κ1) is 9.21. The van der Waals surface area contributed by atoms with E-state index in [0.717, 1.165) is 6.54 Å². The predicted octanol–water partition coefficient (Wildman–Crippen LogP) is 1.88. The molecule has 10 heavy (non-hydrogen) atoms. The van der Waals surface area contributed by atoms with Crippen LogP contribution in [0.2, 0.25) is 0 Å². The zero-order valence-electron chi connectivity index (χ0n) is 7.02. The van der Waals surface area contributed by atoms with Crippen molar-refractivity contribution in [3.63, 3.8) is 0 Å². The minimum absolute atomic E-state index is 0.399. The number of amidine groups is 1. The summed E-state index contributed by atoms with van der Waals surface area (Å²) in [6, 6.07) is 0.399. The molecular formula is C8H16N2. The van der Waals surface area contributed by atoms with Gasteiger partial charge in [-0.25, -0.2) is 0 Å². The molecule has 0 aliphatic carbocycles. The van der Waals surface area contributed by atoms with Crippen LogP contribution in [0.5, 0.6) is 0 Å². The molecule has 58 valence electrons. The maximum Gasteiger partial charge on any atom is 0.120 e. The summed E-state index contributed by atoms with van der Waals surface area (Å²) in [5.41, 5.74) is 0. The van der Waals surface area contributed by atoms with E-state index in [1.54, 1.807) is 6.08 Å². The second kappa shape index (κ2) is 4.09. The second-order valence-electron chi connectivity index (χ2n) is 2.47. The summed E-state index contributed by atoms with van der Waals surface area (Å²) >= 11 is 0. The third-order valence-electron chi connectivity index (χ3n) is 1.47. The zero-order chi connectivity index (χ0) is 8.15. The number of rotatable bonds is 3. The molecule has 0 atom stereocenters. The van der Waals surface area contributed by atoms with E-state index in [2.05, 4.69) is 20.4 Å². The molecule has 0 aliphatic rings. The molecular weight excluding hydrogens is 124 g/mol. The Morgan fingerprint density at radius 2 is 2.20 bits per heavy atom. The average Bonchev–Trinajstić information content (AvgIpc) is 1.88. The minimum atomic E-state index is 0.399. The Balaban J connectivity index is 4.06. The van der Waals surface area contributed by atoms with E-state index in [0.29, 0.717) is 11.9 Å². The highest BCUT2D eigenvalue weighted by molar-refractivity contribution is 5.89. The lowest BCUT2D eigenvalue weighted by Gasteiger charge is -2.25. The van der Waals surface area contributed by atoms with Gasteiger partial charge in [0.1, 0.15) is 5.84 Å². The van der Waals surface area contributed by atoms with Crippen LogP contribution in [0.3, 0.4) is 0 Å². The standard InChI is InChI=1S/C8H16N2/c1-5-8(9)10(6-2)7(3)4/h5,7,9H,1,6H2,2-4H3. The molecule has 1 N–H and O–H groups in total. The van der Waals surface area contributed by atoms with Crippen LogP contribution in [0.25, 0.3) is 0 Å². The molecule has 0 aromatic carbocycles. The zero-order valence-corrected chi connectivity index (χ0v) is 7.02. The van der Waals surface area contributed by atoms with E-state index in [-0.39, 0.29) is 0 Å². The van der Waals surface area contributed by atoms with Gasteiger partial charge in [-0.15, -0.1) is 0 Å². The Kier molecular flexibility index (Phi) is 3.77. The minimum Gasteiger partial charge on any atom is -0.355 e. The normalized spacial score (nSPS) is 9.60. The molecule has 2 nitrogen and oxygen atoms in total. The van der Waals surface area contributed by atoms with Crippen LogP contribution in [0, 0.1) is 5.41 Å². The van der Waals surface area contributed by atoms with Gasteiger partial charge in [-0.2, -0.15) is 0 Å². The van der Waals surface area contributed by atoms with Crippen LogP contribution in [0.4, 0.5) is 0 Å². The van der Waals surface area contributed by atoms with E-state index in [1.165, 1.54) is 0 Å². The van der Waals surface area contributed by atoms with Gasteiger partial charge in [0.25, 0.3) is 0 Å². The van der Waals surface area contributed by atoms with Crippen molar-refractivity contribution >= 4 is 5.84 Å². The summed E-state index contributed by atoms with van der Waals surface area (Å²) in [5.74, 6) is 0.512. The van der Waals surface area contributed by atoms with Crippen LogP contribution in [0.15, 0.2) is 12.7 Å². The third kappa shape index (κ3) is 2.21. The van der Waals surface area contributed by atoms with Gasteiger partial charge in [0.2, 0.25) is 0 Å². The van der Waals surface area contributed by atoms with Gasteiger partial charge in [0, 0.05) is 12.6 Å². The van der Waals surface area contributed by atoms with Crippen molar-refractivity contribution in [2.45, 2.75) is 26.8 Å². The number of nitrogens with zero attached hydrogens (tertiary/aromatic N) is 1. The maximum atomic E-state index is 7.43. The van der Waals surface area contributed by atoms with Gasteiger partial charge in [0.05, 0.1) is 0 Å². The van der Waals surface area contributed by atoms with Crippen molar-refractivity contribution in [3.05, 3.63) is 12.7 Å². The van der Waals surface area contributed by atoms with Gasteiger partial charge >= 0.3 is 0 Å². The Morgan fingerprint density at radius 3 is 2.30 bits per heavy atom. The fourth-order valence-corrected chi connectivity index (χ4v) is 0.931. The molecule has 0 aliphatic heterocycles. The summed E-state index contributed by atoms with van der Waals surface area (Å²) in [4.78, 5) is 1.98. The first-order valence-corrected chi connectivity index (χ1v) is 3.61. The lowest BCUT2D eigenvalue weighted by Crippen LogP contribution is -2.34. The lowest BCUT2D eigenvalue weighted by molar-refractivity contribution is 0.367. The van der Waals surface area contributed by atoms with Gasteiger partial charge < -0.3 is 4.90 Å². The highest BCUT2D eigenvalue weighted by atomic mass is 15.2. The van der Waals surface area contributed by atoms with Gasteiger partial charge in [-0.3, -0.25) is 5.41 Å². The number of hydrogen-bond donors (Lipinski definition) is 1. The van der Waals surface area contributed by atoms with Crippen LogP contribution < -0.4 is 0 Å². The molecule has 0 amide bonds. The fourth-order valence-electron chi connectivity index (χ4n) is 0.931. The molecule has 0 spiro atoms. The predicted molar refractivity (Wildman–Crippen MR) is 45.4 cm³/mol. The molecule has 0 fully saturated rings. The molecule has 0 heterocycles. The highest BCUT2D eigenvalue weighted by Crippen LogP contribution is 1.98. The van der Waals surface area contributed by atoms with E-state index in [4.69, 9.17) is 5.41 Å². The van der Waals surface area contributed by atoms with Crippen molar-refractivity contribution in [1.29, 1.82) is 5.41 Å². The summed E-state index contributed by atoms with van der Waals surface area (Å²) in [6.07, 6.45) is 1.57. The van der Waals surface area contributed by atoms with Crippen LogP contribution in [-0.4, -0.2) is 23.3 Å². The quantitative estimate of drug-likeness (QED) is 0.470. The SMILES string of the molecule is C=CC(=N)N(CC)C(C)C. The first-order chi connectivity index (χ1) is 4.63. The number of nitrogens with one attached hydrogen (secondary N) is 1. The molecule has 0 saturated heterocycles. The van der Waals surface area contributed by atoms with Crippen LogP contribution >= 0.6 is 0 Å². The first-order valence-electron chi connectivity index (χ1n) is 3.61. The van der Waals surface area contributed by atoms with Crippen molar-refractivity contribution in [1.82, 2.24) is 4.90 Å². The van der Waals surface area contributed by atoms with Crippen molar-refractivity contribution < 1.29 is 0 Å². The Labute approximate surface area is 63.0 Å². The van der Waals surface area contributed by atoms with E-state index in [9.17, 15) is 0 Å². The third-order valence-corrected chi connectivity index (χ3v) is 1.47. The smallest absolute Gasteiger partial charge is 0.120 e. The Morgan fingerprint density at radius 1 is 1.70 bits per heavy atom. The molecule has 0 bridgehead atoms. The molecule has 0 radical (unpaired) electrons. The second-order valence-corrected chi connectivity index (χ2v) is 2.47. The summed E-state index contributed by atoms with van der Waals surface area (Å²) in [6.45, 7) is 10.6. The lowest BCUT2D eigenvalue weighted by atomic mass is 10.3. The number of hydrogen-bond acceptors (Lipinski definition) is 1. The monoisotopic (exact) mass is 140 g/mol. The van der Waals surface area contributed by atoms with Crippen molar-refractivity contribution in [3.8, 4) is 0 Å². The van der Waals surface area contributed by atoms with Gasteiger partial charge in [0.15, 0.2) is 0 Å². The topological polar surface area (TPSA) is 27.1 Å². The Bertz CT molecular complexity index is 127. The summed E-state index contributed by atoms with van der Waals surface area (Å²) in [7, 11) is 0. The molecule has 0 aromatic rings. The molecule has 0 aromatic heterocycles. The summed E-state index contributed by atoms with van der Waals surface area (Å²) < 4.78 is 0. The Hall–Kier alpha value is -0.790. The van der Waals surface area contributed by atoms with E-state index in [1.807, 2.05) is 11.8 Å². The van der Waals surface area contributed by atoms with Crippen LogP contribution in [-0.2, 0) is 0 Å². The van der Waals surface area contributed by atoms with E-state index < -0.39 is 0 Å². The maximum absolute atomic E-state index is 7.43. The fraction of sp³-hybridized carbons (Fsp3) is 0.625. The molecule has 0 rings (SSSR count). The largest absolute Gasteiger partial charge is 0.355 e. The molecule has 0 unspecified atom stereocenters. The van der Waals surface area contributed by atoms with Gasteiger partial charge in [-0.05, 0) is 26.8 Å². The molecule has 0 saturated carbocycles. The van der Waals surface area contributed by atoms with Gasteiger partial charge in [-0.1, -0.05) is 6.58 Å². The summed E-state index contributed by atoms with van der Waals surface area (Å²) in [5, 5.41) is 7.43. The van der Waals surface area contributed by atoms with Crippen molar-refractivity contribution in [2.75, 3.05) is 6.54 Å². The average molecular weight is 140 g/mol. The van der Waals surface area contributed by atoms with E-state index >= 15 is 0 Å². The van der Waals surface area contributed by atoms with Crippen molar-refractivity contribution in [2.24, 2.45) is 0 Å². The highest BCUT2D eigenvalue weighted by Gasteiger charge is 2.06. The van der Waals surface area contributed by atoms with Crippen LogP contribution in [0.1, 0.15) is 20.8 Å².